The van der Waals surface area contributed by atoms with Gasteiger partial charge in [0, 0.05) is 28.0 Å². The minimum absolute atomic E-state index is 0.0922. The van der Waals surface area contributed by atoms with Crippen LogP contribution in [0.4, 0.5) is 13.2 Å². The molecule has 8 heteroatoms. The summed E-state index contributed by atoms with van der Waals surface area (Å²) in [6.07, 6.45) is 3.52. The third-order valence-corrected chi connectivity index (χ3v) is 4.71. The van der Waals surface area contributed by atoms with E-state index in [0.717, 1.165) is 24.9 Å². The molecule has 1 aromatic heterocycles. The van der Waals surface area contributed by atoms with Gasteiger partial charge < -0.3 is 10.3 Å². The highest BCUT2D eigenvalue weighted by molar-refractivity contribution is 8.00. The summed E-state index contributed by atoms with van der Waals surface area (Å²) >= 11 is -0.141. The van der Waals surface area contributed by atoms with Crippen LogP contribution in [-0.4, -0.2) is 38.8 Å². The number of hydrogen-bond acceptors (Lipinski definition) is 2. The molecule has 0 saturated carbocycles. The normalized spacial score (nSPS) is 19.9. The number of halogens is 3. The quantitative estimate of drug-likeness (QED) is 0.672. The van der Waals surface area contributed by atoms with Crippen LogP contribution >= 0.6 is 11.8 Å². The van der Waals surface area contributed by atoms with Crippen molar-refractivity contribution in [2.24, 2.45) is 0 Å². The molecule has 2 aromatic rings. The van der Waals surface area contributed by atoms with Crippen molar-refractivity contribution in [2.75, 3.05) is 6.54 Å². The lowest BCUT2D eigenvalue weighted by molar-refractivity contribution is -0.0328. The monoisotopic (exact) mass is 320 g/mol. The van der Waals surface area contributed by atoms with Crippen molar-refractivity contribution in [3.8, 4) is 0 Å². The van der Waals surface area contributed by atoms with Gasteiger partial charge in [0.2, 0.25) is 0 Å². The van der Waals surface area contributed by atoms with Crippen LogP contribution < -0.4 is 5.32 Å². The second kappa shape index (κ2) is 5.57. The molecule has 0 aliphatic carbocycles. The van der Waals surface area contributed by atoms with Crippen molar-refractivity contribution in [3.05, 3.63) is 30.0 Å². The van der Waals surface area contributed by atoms with Crippen molar-refractivity contribution in [3.63, 3.8) is 0 Å². The Labute approximate surface area is 133 Å². The summed E-state index contributed by atoms with van der Waals surface area (Å²) in [5, 5.41) is 2.76. The number of rotatable bonds is 3. The Kier molecular flexibility index (Phi) is 4.01. The Balaban J connectivity index is 2.01. The van der Waals surface area contributed by atoms with E-state index in [1.165, 1.54) is 12.1 Å². The van der Waals surface area contributed by atoms with Gasteiger partial charge in [-0.15, -0.1) is 0 Å². The number of alkyl halides is 3. The molecule has 22 heavy (non-hydrogen) atoms. The van der Waals surface area contributed by atoms with Crippen LogP contribution in [0.2, 0.25) is 0 Å². The summed E-state index contributed by atoms with van der Waals surface area (Å²) in [7, 11) is 12.6. The number of aromatic amines is 1. The fraction of sp³-hybridized carbons (Fsp3) is 0.429. The van der Waals surface area contributed by atoms with Crippen LogP contribution in [0.1, 0.15) is 18.4 Å². The van der Waals surface area contributed by atoms with Crippen molar-refractivity contribution in [2.45, 2.75) is 34.5 Å². The summed E-state index contributed by atoms with van der Waals surface area (Å²) in [6, 6.07) is 4.45. The van der Waals surface area contributed by atoms with Crippen molar-refractivity contribution >= 4 is 38.4 Å². The molecule has 1 fully saturated rings. The SMILES string of the molecule is [B]C([B])(c1c[nH]c2ccc(SC(F)(F)F)cc12)C1CCCN1. The van der Waals surface area contributed by atoms with Crippen molar-refractivity contribution in [1.82, 2.24) is 10.3 Å². The molecule has 112 valence electrons. The molecule has 1 aliphatic rings. The van der Waals surface area contributed by atoms with Crippen LogP contribution in [0.15, 0.2) is 29.3 Å². The standard InChI is InChI=1S/C14H13B2F3N2S/c15-13(16,12-2-1-5-20-12)10-7-21-11-4-3-8(6-9(10)11)22-14(17,18)19/h3-4,6-7,12,20-21H,1-2,5H2. The summed E-state index contributed by atoms with van der Waals surface area (Å²) in [5.41, 5.74) is -2.97. The highest BCUT2D eigenvalue weighted by Gasteiger charge is 2.34. The van der Waals surface area contributed by atoms with Crippen LogP contribution in [0.3, 0.4) is 0 Å². The van der Waals surface area contributed by atoms with Gasteiger partial charge in [-0.2, -0.15) is 13.2 Å². The van der Waals surface area contributed by atoms with Gasteiger partial charge in [-0.3, -0.25) is 0 Å². The highest BCUT2D eigenvalue weighted by atomic mass is 32.2. The molecule has 3 rings (SSSR count). The maximum atomic E-state index is 12.5. The molecule has 1 saturated heterocycles. The van der Waals surface area contributed by atoms with Gasteiger partial charge in [0.15, 0.2) is 0 Å². The Bertz CT molecular complexity index is 678. The van der Waals surface area contributed by atoms with Gasteiger partial charge in [0.25, 0.3) is 0 Å². The fourth-order valence-corrected chi connectivity index (χ4v) is 3.52. The molecule has 1 unspecified atom stereocenters. The second-order valence-corrected chi connectivity index (χ2v) is 6.68. The molecule has 0 bridgehead atoms. The average Bonchev–Trinajstić information content (AvgIpc) is 3.06. The third-order valence-electron chi connectivity index (χ3n) is 3.99. The van der Waals surface area contributed by atoms with E-state index in [1.54, 1.807) is 12.3 Å². The topological polar surface area (TPSA) is 27.8 Å². The van der Waals surface area contributed by atoms with Gasteiger partial charge in [-0.1, -0.05) is 5.21 Å². The van der Waals surface area contributed by atoms with Gasteiger partial charge in [0.05, 0.1) is 15.7 Å². The lowest BCUT2D eigenvalue weighted by atomic mass is 9.47. The Morgan fingerprint density at radius 2 is 2.00 bits per heavy atom. The molecule has 1 aromatic carbocycles. The van der Waals surface area contributed by atoms with E-state index in [0.29, 0.717) is 10.9 Å². The van der Waals surface area contributed by atoms with E-state index in [4.69, 9.17) is 15.7 Å². The van der Waals surface area contributed by atoms with Gasteiger partial charge in [0.1, 0.15) is 0 Å². The van der Waals surface area contributed by atoms with Crippen LogP contribution in [0.5, 0.6) is 0 Å². The van der Waals surface area contributed by atoms with E-state index < -0.39 is 10.7 Å². The predicted molar refractivity (Wildman–Crippen MR) is 84.4 cm³/mol. The summed E-state index contributed by atoms with van der Waals surface area (Å²) in [4.78, 5) is 3.15. The van der Waals surface area contributed by atoms with Gasteiger partial charge in [-0.25, -0.2) is 0 Å². The fourth-order valence-electron chi connectivity index (χ4n) is 2.94. The number of benzene rings is 1. The molecular formula is C14H13B2F3N2S. The highest BCUT2D eigenvalue weighted by Crippen LogP contribution is 2.39. The Hall–Kier alpha value is -1.01. The second-order valence-electron chi connectivity index (χ2n) is 5.54. The molecule has 1 atom stereocenters. The van der Waals surface area contributed by atoms with Gasteiger partial charge >= 0.3 is 5.51 Å². The summed E-state index contributed by atoms with van der Waals surface area (Å²) in [6.45, 7) is 0.846. The number of aromatic nitrogens is 1. The molecule has 4 radical (unpaired) electrons. The minimum atomic E-state index is -4.32. The first-order chi connectivity index (χ1) is 10.3. The number of fused-ring (bicyclic) bond motifs is 1. The van der Waals surface area contributed by atoms with E-state index in [1.807, 2.05) is 0 Å². The van der Waals surface area contributed by atoms with E-state index >= 15 is 0 Å². The lowest BCUT2D eigenvalue weighted by Crippen LogP contribution is -2.46. The molecule has 2 nitrogen and oxygen atoms in total. The van der Waals surface area contributed by atoms with Crippen molar-refractivity contribution in [1.29, 1.82) is 0 Å². The van der Waals surface area contributed by atoms with E-state index in [-0.39, 0.29) is 22.7 Å². The average molecular weight is 320 g/mol. The molecule has 2 heterocycles. The van der Waals surface area contributed by atoms with Crippen LogP contribution in [0.25, 0.3) is 10.9 Å². The summed E-state index contributed by atoms with van der Waals surface area (Å²) in [5.74, 6) is 0. The number of thioether (sulfide) groups is 1. The first-order valence-electron chi connectivity index (χ1n) is 6.96. The number of hydrogen-bond donors (Lipinski definition) is 2. The van der Waals surface area contributed by atoms with Crippen molar-refractivity contribution < 1.29 is 13.2 Å². The zero-order valence-electron chi connectivity index (χ0n) is 11.7. The Morgan fingerprint density at radius 3 is 2.64 bits per heavy atom. The minimum Gasteiger partial charge on any atom is -0.361 e. The van der Waals surface area contributed by atoms with E-state index in [2.05, 4.69) is 10.3 Å². The molecule has 0 amide bonds. The third kappa shape index (κ3) is 3.04. The summed E-state index contributed by atoms with van der Waals surface area (Å²) < 4.78 is 37.6. The predicted octanol–water partition coefficient (Wildman–Crippen LogP) is 3.02. The zero-order chi connectivity index (χ0) is 16.0. The Morgan fingerprint density at radius 1 is 1.23 bits per heavy atom. The van der Waals surface area contributed by atoms with E-state index in [9.17, 15) is 13.2 Å². The molecule has 0 spiro atoms. The largest absolute Gasteiger partial charge is 0.446 e. The van der Waals surface area contributed by atoms with Crippen LogP contribution in [-0.2, 0) is 5.21 Å². The smallest absolute Gasteiger partial charge is 0.361 e. The first-order valence-corrected chi connectivity index (χ1v) is 7.77. The molecular weight excluding hydrogens is 307 g/mol. The zero-order valence-corrected chi connectivity index (χ0v) is 12.5. The molecule has 1 aliphatic heterocycles. The maximum absolute atomic E-state index is 12.5. The number of nitrogens with one attached hydrogen (secondary N) is 2. The van der Waals surface area contributed by atoms with Gasteiger partial charge in [-0.05, 0) is 54.9 Å². The first kappa shape index (κ1) is 15.9. The number of H-pyrrole nitrogens is 1. The molecule has 2 N–H and O–H groups in total. The maximum Gasteiger partial charge on any atom is 0.446 e. The van der Waals surface area contributed by atoms with Crippen LogP contribution in [0, 0.1) is 0 Å². The lowest BCUT2D eigenvalue weighted by Gasteiger charge is -2.33.